The van der Waals surface area contributed by atoms with Gasteiger partial charge in [-0.1, -0.05) is 28.4 Å². The summed E-state index contributed by atoms with van der Waals surface area (Å²) in [6.45, 7) is 0.901. The minimum atomic E-state index is -0.205. The number of pyridine rings is 1. The SMILES string of the molecule is O=C(Cn1nc2n(c1=O)CCCCC2)N(Cc1ccccn1)c1ccc(Br)cc1. The summed E-state index contributed by atoms with van der Waals surface area (Å²) < 4.78 is 3.94. The molecule has 0 N–H and O–H groups in total. The fraction of sp³-hybridized carbons (Fsp3) is 0.333. The second kappa shape index (κ2) is 8.73. The van der Waals surface area contributed by atoms with Crippen LogP contribution in [0.5, 0.6) is 0 Å². The lowest BCUT2D eigenvalue weighted by molar-refractivity contribution is -0.119. The van der Waals surface area contributed by atoms with Gasteiger partial charge in [-0.25, -0.2) is 9.48 Å². The van der Waals surface area contributed by atoms with Crippen LogP contribution in [0.4, 0.5) is 5.69 Å². The number of benzene rings is 1. The smallest absolute Gasteiger partial charge is 0.305 e. The molecule has 0 fully saturated rings. The Morgan fingerprint density at radius 3 is 2.69 bits per heavy atom. The van der Waals surface area contributed by atoms with Gasteiger partial charge in [-0.2, -0.15) is 5.10 Å². The molecule has 3 aromatic rings. The van der Waals surface area contributed by atoms with Gasteiger partial charge in [0.1, 0.15) is 12.4 Å². The minimum absolute atomic E-state index is 0.0955. The highest BCUT2D eigenvalue weighted by molar-refractivity contribution is 9.10. The van der Waals surface area contributed by atoms with E-state index in [9.17, 15) is 9.59 Å². The molecule has 0 atom stereocenters. The molecule has 1 amide bonds. The van der Waals surface area contributed by atoms with Crippen LogP contribution < -0.4 is 10.6 Å². The molecule has 8 heteroatoms. The highest BCUT2D eigenvalue weighted by Gasteiger charge is 2.22. The van der Waals surface area contributed by atoms with Crippen molar-refractivity contribution in [1.29, 1.82) is 0 Å². The number of aryl methyl sites for hydroxylation is 1. The molecule has 0 saturated heterocycles. The number of halogens is 1. The average Bonchev–Trinajstić information content (AvgIpc) is 2.89. The van der Waals surface area contributed by atoms with Crippen LogP contribution in [0.25, 0.3) is 0 Å². The molecule has 0 aliphatic carbocycles. The molecular weight excluding hydrogens is 434 g/mol. The molecule has 0 spiro atoms. The number of hydrogen-bond donors (Lipinski definition) is 0. The number of rotatable bonds is 5. The number of carbonyl (C=O) groups excluding carboxylic acids is 1. The first kappa shape index (κ1) is 19.6. The Hall–Kier alpha value is -2.74. The zero-order valence-electron chi connectivity index (χ0n) is 16.0. The van der Waals surface area contributed by atoms with Crippen LogP contribution in [0.2, 0.25) is 0 Å². The maximum atomic E-state index is 13.2. The van der Waals surface area contributed by atoms with Crippen LogP contribution in [0.1, 0.15) is 30.8 Å². The fourth-order valence-electron chi connectivity index (χ4n) is 3.54. The topological polar surface area (TPSA) is 73.0 Å². The Morgan fingerprint density at radius 2 is 1.93 bits per heavy atom. The van der Waals surface area contributed by atoms with Gasteiger partial charge >= 0.3 is 5.69 Å². The van der Waals surface area contributed by atoms with Crippen LogP contribution in [0.15, 0.2) is 57.9 Å². The zero-order valence-corrected chi connectivity index (χ0v) is 17.6. The molecule has 0 radical (unpaired) electrons. The third-order valence-corrected chi connectivity index (χ3v) is 5.58. The van der Waals surface area contributed by atoms with Gasteiger partial charge in [-0.05, 0) is 49.2 Å². The molecular formula is C21H22BrN5O2. The third-order valence-electron chi connectivity index (χ3n) is 5.05. The van der Waals surface area contributed by atoms with E-state index in [0.29, 0.717) is 13.1 Å². The van der Waals surface area contributed by atoms with Crippen molar-refractivity contribution in [1.82, 2.24) is 19.3 Å². The van der Waals surface area contributed by atoms with Crippen molar-refractivity contribution < 1.29 is 4.79 Å². The first-order chi connectivity index (χ1) is 14.1. The quantitative estimate of drug-likeness (QED) is 0.592. The third kappa shape index (κ3) is 4.48. The summed E-state index contributed by atoms with van der Waals surface area (Å²) in [4.78, 5) is 31.9. The molecule has 1 aromatic carbocycles. The molecule has 7 nitrogen and oxygen atoms in total. The molecule has 2 aromatic heterocycles. The van der Waals surface area contributed by atoms with Gasteiger partial charge in [0.05, 0.1) is 12.2 Å². The lowest BCUT2D eigenvalue weighted by Crippen LogP contribution is -2.37. The highest BCUT2D eigenvalue weighted by atomic mass is 79.9. The average molecular weight is 456 g/mol. The maximum Gasteiger partial charge on any atom is 0.346 e. The van der Waals surface area contributed by atoms with Crippen molar-refractivity contribution in [2.45, 2.75) is 45.3 Å². The maximum absolute atomic E-state index is 13.2. The van der Waals surface area contributed by atoms with E-state index >= 15 is 0 Å². The highest BCUT2D eigenvalue weighted by Crippen LogP contribution is 2.21. The van der Waals surface area contributed by atoms with Gasteiger partial charge in [0, 0.05) is 29.3 Å². The van der Waals surface area contributed by atoms with Gasteiger partial charge in [-0.3, -0.25) is 14.3 Å². The van der Waals surface area contributed by atoms with Crippen molar-refractivity contribution in [3.8, 4) is 0 Å². The molecule has 3 heterocycles. The number of fused-ring (bicyclic) bond motifs is 1. The van der Waals surface area contributed by atoms with E-state index in [0.717, 1.165) is 47.4 Å². The molecule has 1 aliphatic rings. The molecule has 0 saturated carbocycles. The Kier molecular flexibility index (Phi) is 5.89. The number of nitrogens with zero attached hydrogens (tertiary/aromatic N) is 5. The molecule has 1 aliphatic heterocycles. The van der Waals surface area contributed by atoms with Crippen LogP contribution in [0.3, 0.4) is 0 Å². The van der Waals surface area contributed by atoms with E-state index in [1.165, 1.54) is 4.68 Å². The van der Waals surface area contributed by atoms with Crippen molar-refractivity contribution in [3.63, 3.8) is 0 Å². The summed E-state index contributed by atoms with van der Waals surface area (Å²) in [7, 11) is 0. The summed E-state index contributed by atoms with van der Waals surface area (Å²) >= 11 is 3.43. The second-order valence-electron chi connectivity index (χ2n) is 7.10. The Bertz CT molecular complexity index is 1040. The standard InChI is InChI=1S/C21H22BrN5O2/c22-16-8-10-18(11-9-16)26(14-17-6-3-4-12-23-17)20(28)15-27-21(29)25-13-5-1-2-7-19(25)24-27/h3-4,6,8-12H,1-2,5,7,13-15H2. The molecule has 4 rings (SSSR count). The number of hydrogen-bond acceptors (Lipinski definition) is 4. The van der Waals surface area contributed by atoms with Crippen molar-refractivity contribution >= 4 is 27.5 Å². The van der Waals surface area contributed by atoms with Gasteiger partial charge in [-0.15, -0.1) is 0 Å². The number of carbonyl (C=O) groups is 1. The van der Waals surface area contributed by atoms with Crippen molar-refractivity contribution in [3.05, 3.63) is 75.1 Å². The molecule has 150 valence electrons. The summed E-state index contributed by atoms with van der Waals surface area (Å²) in [5.41, 5.74) is 1.32. The van der Waals surface area contributed by atoms with E-state index in [-0.39, 0.29) is 18.1 Å². The van der Waals surface area contributed by atoms with Crippen molar-refractivity contribution in [2.75, 3.05) is 4.90 Å². The largest absolute Gasteiger partial charge is 0.346 e. The summed E-state index contributed by atoms with van der Waals surface area (Å²) in [5.74, 6) is 0.577. The van der Waals surface area contributed by atoms with Crippen LogP contribution in [0, 0.1) is 0 Å². The van der Waals surface area contributed by atoms with Gasteiger partial charge in [0.2, 0.25) is 5.91 Å². The van der Waals surface area contributed by atoms with E-state index in [1.807, 2.05) is 42.5 Å². The fourth-order valence-corrected chi connectivity index (χ4v) is 3.80. The van der Waals surface area contributed by atoms with Gasteiger partial charge in [0.15, 0.2) is 0 Å². The van der Waals surface area contributed by atoms with Gasteiger partial charge < -0.3 is 4.90 Å². The number of anilines is 1. The van der Waals surface area contributed by atoms with Crippen molar-refractivity contribution in [2.24, 2.45) is 0 Å². The first-order valence-corrected chi connectivity index (χ1v) is 10.5. The monoisotopic (exact) mass is 455 g/mol. The van der Waals surface area contributed by atoms with Crippen LogP contribution >= 0.6 is 15.9 Å². The van der Waals surface area contributed by atoms with Gasteiger partial charge in [0.25, 0.3) is 0 Å². The second-order valence-corrected chi connectivity index (χ2v) is 8.01. The molecule has 29 heavy (non-hydrogen) atoms. The first-order valence-electron chi connectivity index (χ1n) is 9.74. The summed E-state index contributed by atoms with van der Waals surface area (Å²) in [5, 5.41) is 4.44. The Balaban J connectivity index is 1.61. The lowest BCUT2D eigenvalue weighted by atomic mass is 10.2. The summed E-state index contributed by atoms with van der Waals surface area (Å²) in [6.07, 6.45) is 5.58. The summed E-state index contributed by atoms with van der Waals surface area (Å²) in [6, 6.07) is 13.1. The van der Waals surface area contributed by atoms with Crippen LogP contribution in [-0.4, -0.2) is 25.2 Å². The molecule has 0 bridgehead atoms. The van der Waals surface area contributed by atoms with E-state index < -0.39 is 0 Å². The predicted molar refractivity (Wildman–Crippen MR) is 114 cm³/mol. The van der Waals surface area contributed by atoms with E-state index in [1.54, 1.807) is 15.7 Å². The Labute approximate surface area is 177 Å². The Morgan fingerprint density at radius 1 is 1.10 bits per heavy atom. The zero-order chi connectivity index (χ0) is 20.2. The normalized spacial score (nSPS) is 13.6. The number of amides is 1. The lowest BCUT2D eigenvalue weighted by Gasteiger charge is -2.22. The minimum Gasteiger partial charge on any atom is -0.305 e. The van der Waals surface area contributed by atoms with Crippen LogP contribution in [-0.2, 0) is 30.8 Å². The molecule has 0 unspecified atom stereocenters. The predicted octanol–water partition coefficient (Wildman–Crippen LogP) is 3.16. The number of aromatic nitrogens is 4. The van der Waals surface area contributed by atoms with E-state index in [4.69, 9.17) is 0 Å². The van der Waals surface area contributed by atoms with E-state index in [2.05, 4.69) is 26.0 Å².